The molecule has 4 aromatic rings. The van der Waals surface area contributed by atoms with Gasteiger partial charge < -0.3 is 14.8 Å². The second-order valence-corrected chi connectivity index (χ2v) is 7.81. The summed E-state index contributed by atoms with van der Waals surface area (Å²) in [7, 11) is 0. The number of nitrogens with zero attached hydrogens (tertiary/aromatic N) is 3. The van der Waals surface area contributed by atoms with Gasteiger partial charge in [0.15, 0.2) is 22.3 Å². The molecule has 0 radical (unpaired) electrons. The topological polar surface area (TPSA) is 111 Å². The van der Waals surface area contributed by atoms with Crippen LogP contribution >= 0.6 is 11.3 Å². The Labute approximate surface area is 168 Å². The van der Waals surface area contributed by atoms with Crippen molar-refractivity contribution in [3.63, 3.8) is 0 Å². The molecule has 0 bridgehead atoms. The molecule has 0 aliphatic carbocycles. The minimum Gasteiger partial charge on any atom is -0.486 e. The fourth-order valence-electron chi connectivity index (χ4n) is 3.45. The molecule has 0 saturated carbocycles. The van der Waals surface area contributed by atoms with Crippen LogP contribution in [0.15, 0.2) is 23.0 Å². The fraction of sp³-hybridized carbons (Fsp3) is 0.263. The lowest BCUT2D eigenvalue weighted by molar-refractivity contribution is -0.115. The van der Waals surface area contributed by atoms with Crippen LogP contribution in [0.3, 0.4) is 0 Å². The zero-order valence-corrected chi connectivity index (χ0v) is 16.6. The number of carbonyl (C=O) groups excluding carboxylic acids is 1. The zero-order valence-electron chi connectivity index (χ0n) is 15.7. The standard InChI is InChI=1S/C19H17N5O4S/c1-9-11(10(2)24-16(20-9)8-18(26)23-24)5-17(25)22-19-21-12-6-13-14(7-15(12)29-19)28-4-3-27-13/h6-8H,3-5H2,1-2H3,(H,23,26)(H,21,22,25). The third-order valence-corrected chi connectivity index (χ3v) is 5.77. The normalized spacial score (nSPS) is 13.2. The first-order chi connectivity index (χ1) is 14.0. The van der Waals surface area contributed by atoms with Crippen molar-refractivity contribution in [1.82, 2.24) is 19.6 Å². The summed E-state index contributed by atoms with van der Waals surface area (Å²) in [5, 5.41) is 6.06. The third kappa shape index (κ3) is 3.11. The van der Waals surface area contributed by atoms with Gasteiger partial charge >= 0.3 is 0 Å². The molecule has 148 valence electrons. The number of carbonyl (C=O) groups is 1. The monoisotopic (exact) mass is 411 g/mol. The van der Waals surface area contributed by atoms with E-state index < -0.39 is 0 Å². The van der Waals surface area contributed by atoms with Crippen LogP contribution in [0, 0.1) is 13.8 Å². The summed E-state index contributed by atoms with van der Waals surface area (Å²) >= 11 is 1.38. The van der Waals surface area contributed by atoms with Gasteiger partial charge in [0.05, 0.1) is 16.6 Å². The number of fused-ring (bicyclic) bond motifs is 3. The van der Waals surface area contributed by atoms with E-state index in [9.17, 15) is 9.59 Å². The van der Waals surface area contributed by atoms with E-state index in [4.69, 9.17) is 9.47 Å². The molecule has 1 aliphatic rings. The Morgan fingerprint density at radius 2 is 1.97 bits per heavy atom. The summed E-state index contributed by atoms with van der Waals surface area (Å²) in [6.07, 6.45) is 0.124. The van der Waals surface area contributed by atoms with Gasteiger partial charge in [-0.3, -0.25) is 14.7 Å². The van der Waals surface area contributed by atoms with E-state index in [1.165, 1.54) is 17.4 Å². The summed E-state index contributed by atoms with van der Waals surface area (Å²) < 4.78 is 13.7. The van der Waals surface area contributed by atoms with Crippen LogP contribution in [-0.2, 0) is 11.2 Å². The van der Waals surface area contributed by atoms with E-state index in [1.807, 2.05) is 26.0 Å². The summed E-state index contributed by atoms with van der Waals surface area (Å²) in [5.74, 6) is 1.15. The first-order valence-corrected chi connectivity index (χ1v) is 9.87. The first kappa shape index (κ1) is 17.7. The average Bonchev–Trinajstić information content (AvgIpc) is 3.24. The van der Waals surface area contributed by atoms with Crippen LogP contribution in [0.2, 0.25) is 0 Å². The molecule has 2 N–H and O–H groups in total. The van der Waals surface area contributed by atoms with E-state index in [1.54, 1.807) is 4.52 Å². The van der Waals surface area contributed by atoms with E-state index in [0.717, 1.165) is 21.5 Å². The molecule has 1 aromatic carbocycles. The minimum atomic E-state index is -0.230. The minimum absolute atomic E-state index is 0.124. The van der Waals surface area contributed by atoms with Gasteiger partial charge in [-0.25, -0.2) is 14.5 Å². The number of ether oxygens (including phenoxy) is 2. The molecule has 4 heterocycles. The predicted octanol–water partition coefficient (Wildman–Crippen LogP) is 2.20. The van der Waals surface area contributed by atoms with Crippen LogP contribution in [-0.4, -0.2) is 38.7 Å². The van der Waals surface area contributed by atoms with Gasteiger partial charge in [0.25, 0.3) is 5.56 Å². The predicted molar refractivity (Wildman–Crippen MR) is 108 cm³/mol. The Kier molecular flexibility index (Phi) is 4.02. The van der Waals surface area contributed by atoms with Crippen molar-refractivity contribution in [1.29, 1.82) is 0 Å². The quantitative estimate of drug-likeness (QED) is 0.535. The molecule has 10 heteroatoms. The Hall–Kier alpha value is -3.40. The van der Waals surface area contributed by atoms with Crippen LogP contribution in [0.25, 0.3) is 15.9 Å². The van der Waals surface area contributed by atoms with Gasteiger partial charge in [-0.15, -0.1) is 0 Å². The first-order valence-electron chi connectivity index (χ1n) is 9.06. The molecule has 0 unspecified atom stereocenters. The van der Waals surface area contributed by atoms with Crippen molar-refractivity contribution >= 4 is 38.2 Å². The lowest BCUT2D eigenvalue weighted by atomic mass is 10.1. The number of amides is 1. The maximum Gasteiger partial charge on any atom is 0.266 e. The number of nitrogens with one attached hydrogen (secondary N) is 2. The summed E-state index contributed by atoms with van der Waals surface area (Å²) in [4.78, 5) is 33.1. The molecule has 0 spiro atoms. The van der Waals surface area contributed by atoms with Crippen LogP contribution in [0.5, 0.6) is 11.5 Å². The third-order valence-electron chi connectivity index (χ3n) is 4.84. The van der Waals surface area contributed by atoms with Gasteiger partial charge in [0.1, 0.15) is 13.2 Å². The van der Waals surface area contributed by atoms with E-state index in [0.29, 0.717) is 41.2 Å². The number of thiazole rings is 1. The Morgan fingerprint density at radius 1 is 1.21 bits per heavy atom. The number of aryl methyl sites for hydroxylation is 2. The lowest BCUT2D eigenvalue weighted by Crippen LogP contribution is -2.17. The fourth-order valence-corrected chi connectivity index (χ4v) is 4.35. The molecule has 0 atom stereocenters. The molecule has 5 rings (SSSR count). The van der Waals surface area contributed by atoms with Crippen LogP contribution in [0.1, 0.15) is 17.0 Å². The van der Waals surface area contributed by atoms with Crippen molar-refractivity contribution in [3.8, 4) is 11.5 Å². The number of rotatable bonds is 3. The van der Waals surface area contributed by atoms with E-state index in [-0.39, 0.29) is 17.9 Å². The SMILES string of the molecule is Cc1nc2cc(=O)[nH]n2c(C)c1CC(=O)Nc1nc2cc3c(cc2s1)OCCO3. The van der Waals surface area contributed by atoms with Crippen LogP contribution in [0.4, 0.5) is 5.13 Å². The highest BCUT2D eigenvalue weighted by Crippen LogP contribution is 2.37. The zero-order chi connectivity index (χ0) is 20.1. The van der Waals surface area contributed by atoms with Gasteiger partial charge in [0, 0.05) is 35.2 Å². The number of anilines is 1. The Morgan fingerprint density at radius 3 is 2.76 bits per heavy atom. The average molecular weight is 411 g/mol. The Bertz CT molecular complexity index is 1290. The molecule has 1 amide bonds. The highest BCUT2D eigenvalue weighted by Gasteiger charge is 2.18. The second kappa shape index (κ2) is 6.59. The molecule has 29 heavy (non-hydrogen) atoms. The van der Waals surface area contributed by atoms with Crippen molar-refractivity contribution in [2.75, 3.05) is 18.5 Å². The van der Waals surface area contributed by atoms with Crippen molar-refractivity contribution in [2.45, 2.75) is 20.3 Å². The summed E-state index contributed by atoms with van der Waals surface area (Å²) in [6.45, 7) is 4.71. The van der Waals surface area contributed by atoms with E-state index in [2.05, 4.69) is 20.4 Å². The molecule has 0 fully saturated rings. The highest BCUT2D eigenvalue weighted by atomic mass is 32.1. The summed E-state index contributed by atoms with van der Waals surface area (Å²) in [6, 6.07) is 5.13. The second-order valence-electron chi connectivity index (χ2n) is 6.78. The van der Waals surface area contributed by atoms with Gasteiger partial charge in [0.2, 0.25) is 5.91 Å². The van der Waals surface area contributed by atoms with E-state index >= 15 is 0 Å². The lowest BCUT2D eigenvalue weighted by Gasteiger charge is -2.17. The highest BCUT2D eigenvalue weighted by molar-refractivity contribution is 7.22. The number of hydrogen-bond acceptors (Lipinski definition) is 7. The number of H-pyrrole nitrogens is 1. The van der Waals surface area contributed by atoms with Gasteiger partial charge in [-0.2, -0.15) is 0 Å². The number of hydrogen-bond donors (Lipinski definition) is 2. The smallest absolute Gasteiger partial charge is 0.266 e. The largest absolute Gasteiger partial charge is 0.486 e. The number of aromatic nitrogens is 4. The molecule has 0 saturated heterocycles. The molecular formula is C19H17N5O4S. The van der Waals surface area contributed by atoms with Crippen molar-refractivity contribution in [2.24, 2.45) is 0 Å². The number of aromatic amines is 1. The maximum atomic E-state index is 12.7. The number of benzene rings is 1. The van der Waals surface area contributed by atoms with Gasteiger partial charge in [-0.1, -0.05) is 11.3 Å². The Balaban J connectivity index is 1.41. The van der Waals surface area contributed by atoms with Crippen molar-refractivity contribution < 1.29 is 14.3 Å². The summed E-state index contributed by atoms with van der Waals surface area (Å²) in [5.41, 5.74) is 3.30. The molecule has 9 nitrogen and oxygen atoms in total. The molecular weight excluding hydrogens is 394 g/mol. The van der Waals surface area contributed by atoms with Gasteiger partial charge in [-0.05, 0) is 13.8 Å². The van der Waals surface area contributed by atoms with Crippen molar-refractivity contribution in [3.05, 3.63) is 45.5 Å². The molecule has 3 aromatic heterocycles. The van der Waals surface area contributed by atoms with Crippen LogP contribution < -0.4 is 20.3 Å². The molecule has 1 aliphatic heterocycles. The maximum absolute atomic E-state index is 12.7.